The Bertz CT molecular complexity index is 369. The lowest BCUT2D eigenvalue weighted by Gasteiger charge is -2.27. The number of nitrogens with zero attached hydrogens (tertiary/aromatic N) is 1. The molecule has 4 heteroatoms. The molecule has 102 valence electrons. The van der Waals surface area contributed by atoms with Gasteiger partial charge in [0, 0.05) is 19.1 Å². The average molecular weight is 271 g/mol. The molecular weight excluding hydrogens is 248 g/mol. The molecule has 18 heavy (non-hydrogen) atoms. The molecule has 0 radical (unpaired) electrons. The Labute approximate surface area is 116 Å². The molecule has 0 heterocycles. The second kappa shape index (κ2) is 6.98. The first-order valence-electron chi connectivity index (χ1n) is 6.28. The number of methoxy groups -OCH3 is 1. The second-order valence-electron chi connectivity index (χ2n) is 4.91. The maximum atomic E-state index is 5.86. The summed E-state index contributed by atoms with van der Waals surface area (Å²) < 4.78 is 5.24. The highest BCUT2D eigenvalue weighted by Gasteiger charge is 2.32. The third kappa shape index (κ3) is 3.87. The summed E-state index contributed by atoms with van der Waals surface area (Å²) in [5.74, 6) is 1.74. The van der Waals surface area contributed by atoms with Crippen molar-refractivity contribution < 1.29 is 4.74 Å². The Morgan fingerprint density at radius 1 is 1.44 bits per heavy atom. The zero-order valence-electron chi connectivity index (χ0n) is 11.1. The molecule has 1 aromatic rings. The summed E-state index contributed by atoms with van der Waals surface area (Å²) in [4.78, 5) is 2.37. The molecule has 1 aliphatic carbocycles. The van der Waals surface area contributed by atoms with Crippen LogP contribution in [-0.2, 0) is 6.54 Å². The van der Waals surface area contributed by atoms with Crippen LogP contribution in [0.2, 0.25) is 0 Å². The normalized spacial score (nSPS) is 16.2. The zero-order valence-corrected chi connectivity index (χ0v) is 12.0. The van der Waals surface area contributed by atoms with Crippen LogP contribution in [0.5, 0.6) is 5.75 Å². The van der Waals surface area contributed by atoms with Crippen molar-refractivity contribution in [3.05, 3.63) is 29.8 Å². The Hall–Kier alpha value is -0.770. The van der Waals surface area contributed by atoms with Gasteiger partial charge in [-0.2, -0.15) is 0 Å². The van der Waals surface area contributed by atoms with Crippen molar-refractivity contribution in [1.29, 1.82) is 0 Å². The van der Waals surface area contributed by atoms with Gasteiger partial charge in [-0.15, -0.1) is 12.4 Å². The fourth-order valence-electron chi connectivity index (χ4n) is 2.39. The van der Waals surface area contributed by atoms with Gasteiger partial charge in [0.2, 0.25) is 0 Å². The molecule has 1 atom stereocenters. The minimum atomic E-state index is 0. The lowest BCUT2D eigenvalue weighted by Crippen LogP contribution is -2.39. The van der Waals surface area contributed by atoms with E-state index in [1.165, 1.54) is 18.4 Å². The number of benzene rings is 1. The molecule has 0 saturated heterocycles. The van der Waals surface area contributed by atoms with Gasteiger partial charge in [-0.1, -0.05) is 12.1 Å². The lowest BCUT2D eigenvalue weighted by molar-refractivity contribution is 0.215. The van der Waals surface area contributed by atoms with Crippen LogP contribution in [0, 0.1) is 5.92 Å². The second-order valence-corrected chi connectivity index (χ2v) is 4.91. The van der Waals surface area contributed by atoms with Gasteiger partial charge in [0.05, 0.1) is 7.11 Å². The molecule has 1 saturated carbocycles. The fraction of sp³-hybridized carbons (Fsp3) is 0.571. The smallest absolute Gasteiger partial charge is 0.119 e. The van der Waals surface area contributed by atoms with E-state index in [0.29, 0.717) is 6.04 Å². The van der Waals surface area contributed by atoms with Crippen LogP contribution < -0.4 is 10.5 Å². The number of ether oxygens (including phenoxy) is 1. The first-order chi connectivity index (χ1) is 8.24. The Morgan fingerprint density at radius 3 is 2.72 bits per heavy atom. The molecule has 1 aromatic carbocycles. The van der Waals surface area contributed by atoms with E-state index < -0.39 is 0 Å². The maximum absolute atomic E-state index is 5.86. The molecule has 0 amide bonds. The van der Waals surface area contributed by atoms with Crippen molar-refractivity contribution >= 4 is 12.4 Å². The fourth-order valence-corrected chi connectivity index (χ4v) is 2.39. The van der Waals surface area contributed by atoms with Crippen LogP contribution in [0.1, 0.15) is 18.4 Å². The molecular formula is C14H23ClN2O. The van der Waals surface area contributed by atoms with Crippen molar-refractivity contribution in [1.82, 2.24) is 4.90 Å². The third-order valence-electron chi connectivity index (χ3n) is 3.54. The van der Waals surface area contributed by atoms with Gasteiger partial charge in [0.1, 0.15) is 5.75 Å². The molecule has 0 aliphatic heterocycles. The number of hydrogen-bond donors (Lipinski definition) is 1. The van der Waals surface area contributed by atoms with Crippen LogP contribution in [0.15, 0.2) is 24.3 Å². The summed E-state index contributed by atoms with van der Waals surface area (Å²) in [5.41, 5.74) is 7.14. The first-order valence-corrected chi connectivity index (χ1v) is 6.28. The van der Waals surface area contributed by atoms with Gasteiger partial charge in [-0.25, -0.2) is 0 Å². The van der Waals surface area contributed by atoms with E-state index in [0.717, 1.165) is 24.8 Å². The van der Waals surface area contributed by atoms with E-state index in [2.05, 4.69) is 24.1 Å². The van der Waals surface area contributed by atoms with E-state index in [1.54, 1.807) is 7.11 Å². The van der Waals surface area contributed by atoms with E-state index in [9.17, 15) is 0 Å². The van der Waals surface area contributed by atoms with Gasteiger partial charge < -0.3 is 10.5 Å². The molecule has 0 bridgehead atoms. The van der Waals surface area contributed by atoms with E-state index >= 15 is 0 Å². The molecule has 0 spiro atoms. The Morgan fingerprint density at radius 2 is 2.17 bits per heavy atom. The highest BCUT2D eigenvalue weighted by atomic mass is 35.5. The number of hydrogen-bond acceptors (Lipinski definition) is 3. The third-order valence-corrected chi connectivity index (χ3v) is 3.54. The SMILES string of the molecule is COc1cccc(CN(C)C(CN)C2CC2)c1.Cl. The summed E-state index contributed by atoms with van der Waals surface area (Å²) in [6, 6.07) is 8.78. The quantitative estimate of drug-likeness (QED) is 0.862. The average Bonchev–Trinajstić information content (AvgIpc) is 3.15. The number of nitrogens with two attached hydrogens (primary N) is 1. The van der Waals surface area contributed by atoms with Crippen molar-refractivity contribution in [2.24, 2.45) is 11.7 Å². The van der Waals surface area contributed by atoms with Gasteiger partial charge in [-0.05, 0) is 43.5 Å². The molecule has 2 N–H and O–H groups in total. The van der Waals surface area contributed by atoms with Crippen LogP contribution in [-0.4, -0.2) is 31.6 Å². The Kier molecular flexibility index (Phi) is 5.93. The predicted octanol–water partition coefficient (Wildman–Crippen LogP) is 2.29. The van der Waals surface area contributed by atoms with Crippen LogP contribution in [0.3, 0.4) is 0 Å². The van der Waals surface area contributed by atoms with Crippen LogP contribution in [0.4, 0.5) is 0 Å². The highest BCUT2D eigenvalue weighted by Crippen LogP contribution is 2.35. The summed E-state index contributed by atoms with van der Waals surface area (Å²) in [5, 5.41) is 0. The summed E-state index contributed by atoms with van der Waals surface area (Å²) in [6.07, 6.45) is 2.68. The molecule has 2 rings (SSSR count). The van der Waals surface area contributed by atoms with Gasteiger partial charge in [0.15, 0.2) is 0 Å². The number of halogens is 1. The van der Waals surface area contributed by atoms with Crippen molar-refractivity contribution in [2.75, 3.05) is 20.7 Å². The molecule has 3 nitrogen and oxygen atoms in total. The van der Waals surface area contributed by atoms with Crippen LogP contribution in [0.25, 0.3) is 0 Å². The zero-order chi connectivity index (χ0) is 12.3. The topological polar surface area (TPSA) is 38.5 Å². The van der Waals surface area contributed by atoms with E-state index in [-0.39, 0.29) is 12.4 Å². The summed E-state index contributed by atoms with van der Waals surface area (Å²) in [7, 11) is 3.87. The molecule has 1 unspecified atom stereocenters. The van der Waals surface area contributed by atoms with Crippen molar-refractivity contribution in [3.63, 3.8) is 0 Å². The molecule has 1 fully saturated rings. The van der Waals surface area contributed by atoms with Crippen molar-refractivity contribution in [3.8, 4) is 5.75 Å². The predicted molar refractivity (Wildman–Crippen MR) is 77.3 cm³/mol. The monoisotopic (exact) mass is 270 g/mol. The van der Waals surface area contributed by atoms with Gasteiger partial charge >= 0.3 is 0 Å². The summed E-state index contributed by atoms with van der Waals surface area (Å²) in [6.45, 7) is 1.70. The number of rotatable bonds is 6. The minimum Gasteiger partial charge on any atom is -0.497 e. The highest BCUT2D eigenvalue weighted by molar-refractivity contribution is 5.85. The molecule has 1 aliphatic rings. The standard InChI is InChI=1S/C14H22N2O.ClH/c1-16(14(9-15)12-6-7-12)10-11-4-3-5-13(8-11)17-2;/h3-5,8,12,14H,6-7,9-10,15H2,1-2H3;1H. The van der Waals surface area contributed by atoms with Gasteiger partial charge in [0.25, 0.3) is 0 Å². The maximum Gasteiger partial charge on any atom is 0.119 e. The lowest BCUT2D eigenvalue weighted by atomic mass is 10.1. The van der Waals surface area contributed by atoms with Gasteiger partial charge in [-0.3, -0.25) is 4.90 Å². The van der Waals surface area contributed by atoms with E-state index in [4.69, 9.17) is 10.5 Å². The largest absolute Gasteiger partial charge is 0.497 e. The van der Waals surface area contributed by atoms with Crippen molar-refractivity contribution in [2.45, 2.75) is 25.4 Å². The minimum absolute atomic E-state index is 0. The molecule has 0 aromatic heterocycles. The van der Waals surface area contributed by atoms with Crippen LogP contribution >= 0.6 is 12.4 Å². The van der Waals surface area contributed by atoms with E-state index in [1.807, 2.05) is 12.1 Å². The Balaban J connectivity index is 0.00000162. The number of likely N-dealkylation sites (N-methyl/N-ethyl adjacent to an activating group) is 1. The summed E-state index contributed by atoms with van der Waals surface area (Å²) >= 11 is 0. The first kappa shape index (κ1) is 15.3.